The van der Waals surface area contributed by atoms with Gasteiger partial charge in [-0.15, -0.1) is 0 Å². The fourth-order valence-electron chi connectivity index (χ4n) is 3.48. The first-order valence-electron chi connectivity index (χ1n) is 8.28. The highest BCUT2D eigenvalue weighted by Gasteiger charge is 2.56. The van der Waals surface area contributed by atoms with E-state index in [-0.39, 0.29) is 18.5 Å². The molecule has 2 aliphatic heterocycles. The van der Waals surface area contributed by atoms with E-state index in [1.165, 1.54) is 4.90 Å². The number of hydrogen-bond donors (Lipinski definition) is 1. The van der Waals surface area contributed by atoms with Crippen molar-refractivity contribution in [3.8, 4) is 0 Å². The van der Waals surface area contributed by atoms with E-state index in [4.69, 9.17) is 4.74 Å². The van der Waals surface area contributed by atoms with Gasteiger partial charge in [0.1, 0.15) is 11.4 Å². The Morgan fingerprint density at radius 3 is 2.62 bits per heavy atom. The summed E-state index contributed by atoms with van der Waals surface area (Å²) >= 11 is 0. The van der Waals surface area contributed by atoms with Gasteiger partial charge in [-0.1, -0.05) is 0 Å². The molecule has 130 valence electrons. The number of amides is 3. The minimum absolute atomic E-state index is 0.120. The summed E-state index contributed by atoms with van der Waals surface area (Å²) in [5.74, 6) is 0.348. The van der Waals surface area contributed by atoms with Crippen LogP contribution in [0.25, 0.3) is 0 Å². The van der Waals surface area contributed by atoms with Crippen LogP contribution in [0.3, 0.4) is 0 Å². The van der Waals surface area contributed by atoms with Gasteiger partial charge in [0.15, 0.2) is 0 Å². The predicted molar refractivity (Wildman–Crippen MR) is 86.0 cm³/mol. The van der Waals surface area contributed by atoms with Crippen LogP contribution in [0, 0.1) is 0 Å². The first-order valence-corrected chi connectivity index (χ1v) is 8.28. The molecule has 0 saturated carbocycles. The molecular formula is C16H23N5O3. The summed E-state index contributed by atoms with van der Waals surface area (Å²) in [6.07, 6.45) is 5.21. The Hall–Kier alpha value is -2.06. The molecule has 0 bridgehead atoms. The zero-order chi connectivity index (χ0) is 17.0. The Balaban J connectivity index is 1.83. The fraction of sp³-hybridized carbons (Fsp3) is 0.625. The van der Waals surface area contributed by atoms with Crippen molar-refractivity contribution < 1.29 is 14.3 Å². The molecule has 8 heteroatoms. The second-order valence-electron chi connectivity index (χ2n) is 6.12. The van der Waals surface area contributed by atoms with Gasteiger partial charge in [-0.05, 0) is 38.4 Å². The Kier molecular flexibility index (Phi) is 5.06. The molecule has 0 radical (unpaired) electrons. The molecule has 2 aliphatic rings. The standard InChI is InChI=1S/C16H23N5O3/c1-24-11-3-10-21-15(23)20(12-13-18-6-2-7-19-13)14(22)16(21)4-8-17-9-5-16/h2,6-7,17H,3-5,8-12H2,1H3. The monoisotopic (exact) mass is 333 g/mol. The van der Waals surface area contributed by atoms with Crippen LogP contribution in [0.2, 0.25) is 0 Å². The van der Waals surface area contributed by atoms with E-state index in [2.05, 4.69) is 15.3 Å². The van der Waals surface area contributed by atoms with E-state index in [9.17, 15) is 9.59 Å². The van der Waals surface area contributed by atoms with Crippen LogP contribution in [-0.2, 0) is 16.1 Å². The van der Waals surface area contributed by atoms with Gasteiger partial charge in [0.05, 0.1) is 6.54 Å². The lowest BCUT2D eigenvalue weighted by Crippen LogP contribution is -2.56. The summed E-state index contributed by atoms with van der Waals surface area (Å²) in [7, 11) is 1.64. The summed E-state index contributed by atoms with van der Waals surface area (Å²) in [5, 5.41) is 3.27. The maximum atomic E-state index is 13.1. The molecule has 3 heterocycles. The van der Waals surface area contributed by atoms with Crippen molar-refractivity contribution in [2.75, 3.05) is 33.4 Å². The lowest BCUT2D eigenvalue weighted by atomic mass is 9.86. The van der Waals surface area contributed by atoms with E-state index < -0.39 is 5.54 Å². The van der Waals surface area contributed by atoms with Crippen molar-refractivity contribution in [3.05, 3.63) is 24.3 Å². The van der Waals surface area contributed by atoms with Gasteiger partial charge < -0.3 is 15.0 Å². The molecule has 0 aromatic carbocycles. The molecule has 0 aliphatic carbocycles. The van der Waals surface area contributed by atoms with E-state index >= 15 is 0 Å². The molecule has 1 spiro atoms. The SMILES string of the molecule is COCCCN1C(=O)N(Cc2ncccn2)C(=O)C12CCNCC2. The fourth-order valence-corrected chi connectivity index (χ4v) is 3.48. The highest BCUT2D eigenvalue weighted by atomic mass is 16.5. The lowest BCUT2D eigenvalue weighted by molar-refractivity contribution is -0.135. The molecule has 3 rings (SSSR count). The molecule has 3 amide bonds. The number of nitrogens with zero attached hydrogens (tertiary/aromatic N) is 4. The third kappa shape index (κ3) is 2.99. The van der Waals surface area contributed by atoms with Crippen LogP contribution in [0.15, 0.2) is 18.5 Å². The zero-order valence-corrected chi connectivity index (χ0v) is 13.9. The zero-order valence-electron chi connectivity index (χ0n) is 13.9. The third-order valence-corrected chi connectivity index (χ3v) is 4.70. The van der Waals surface area contributed by atoms with Crippen molar-refractivity contribution >= 4 is 11.9 Å². The van der Waals surface area contributed by atoms with Gasteiger partial charge in [0.2, 0.25) is 0 Å². The Morgan fingerprint density at radius 2 is 1.96 bits per heavy atom. The maximum absolute atomic E-state index is 13.1. The number of carbonyl (C=O) groups excluding carboxylic acids is 2. The van der Waals surface area contributed by atoms with Crippen molar-refractivity contribution in [2.24, 2.45) is 0 Å². The summed E-state index contributed by atoms with van der Waals surface area (Å²) in [6, 6.07) is 1.47. The van der Waals surface area contributed by atoms with E-state index in [0.717, 1.165) is 13.1 Å². The summed E-state index contributed by atoms with van der Waals surface area (Å²) < 4.78 is 5.09. The maximum Gasteiger partial charge on any atom is 0.328 e. The summed E-state index contributed by atoms with van der Waals surface area (Å²) in [6.45, 7) is 2.66. The van der Waals surface area contributed by atoms with Gasteiger partial charge in [-0.25, -0.2) is 14.8 Å². The second kappa shape index (κ2) is 7.23. The van der Waals surface area contributed by atoms with Crippen molar-refractivity contribution in [3.63, 3.8) is 0 Å². The summed E-state index contributed by atoms with van der Waals surface area (Å²) in [5.41, 5.74) is -0.731. The van der Waals surface area contributed by atoms with Crippen LogP contribution < -0.4 is 5.32 Å². The number of hydrogen-bond acceptors (Lipinski definition) is 6. The number of piperidine rings is 1. The first kappa shape index (κ1) is 16.8. The molecule has 2 saturated heterocycles. The Bertz CT molecular complexity index is 589. The topological polar surface area (TPSA) is 87.7 Å². The number of ether oxygens (including phenoxy) is 1. The van der Waals surface area contributed by atoms with Crippen molar-refractivity contribution in [2.45, 2.75) is 31.3 Å². The van der Waals surface area contributed by atoms with Gasteiger partial charge in [-0.2, -0.15) is 0 Å². The number of carbonyl (C=O) groups is 2. The highest BCUT2D eigenvalue weighted by molar-refractivity contribution is 6.07. The smallest absolute Gasteiger partial charge is 0.328 e. The number of aromatic nitrogens is 2. The van der Waals surface area contributed by atoms with Gasteiger partial charge in [0, 0.05) is 32.7 Å². The Labute approximate surface area is 141 Å². The van der Waals surface area contributed by atoms with Crippen molar-refractivity contribution in [1.29, 1.82) is 0 Å². The van der Waals surface area contributed by atoms with Gasteiger partial charge in [-0.3, -0.25) is 9.69 Å². The van der Waals surface area contributed by atoms with Crippen molar-refractivity contribution in [1.82, 2.24) is 25.1 Å². The predicted octanol–water partition coefficient (Wildman–Crippen LogP) is 0.400. The second-order valence-corrected chi connectivity index (χ2v) is 6.12. The summed E-state index contributed by atoms with van der Waals surface area (Å²) in [4.78, 5) is 37.3. The number of methoxy groups -OCH3 is 1. The van der Waals surface area contributed by atoms with Crippen LogP contribution in [0.4, 0.5) is 4.79 Å². The van der Waals surface area contributed by atoms with Crippen LogP contribution in [-0.4, -0.2) is 70.6 Å². The van der Waals surface area contributed by atoms with E-state index in [1.807, 2.05) is 0 Å². The number of nitrogens with one attached hydrogen (secondary N) is 1. The molecule has 1 aromatic heterocycles. The third-order valence-electron chi connectivity index (χ3n) is 4.70. The molecule has 8 nitrogen and oxygen atoms in total. The normalized spacial score (nSPS) is 20.2. The van der Waals surface area contributed by atoms with Crippen LogP contribution >= 0.6 is 0 Å². The van der Waals surface area contributed by atoms with Gasteiger partial charge in [0.25, 0.3) is 5.91 Å². The molecule has 0 unspecified atom stereocenters. The molecule has 1 N–H and O–H groups in total. The van der Waals surface area contributed by atoms with Crippen LogP contribution in [0.1, 0.15) is 25.1 Å². The molecule has 2 fully saturated rings. The minimum Gasteiger partial charge on any atom is -0.385 e. The lowest BCUT2D eigenvalue weighted by Gasteiger charge is -2.38. The average molecular weight is 333 g/mol. The van der Waals surface area contributed by atoms with E-state index in [0.29, 0.717) is 38.2 Å². The van der Waals surface area contributed by atoms with Crippen LogP contribution in [0.5, 0.6) is 0 Å². The highest BCUT2D eigenvalue weighted by Crippen LogP contribution is 2.36. The number of imide groups is 1. The molecule has 24 heavy (non-hydrogen) atoms. The number of rotatable bonds is 6. The number of urea groups is 1. The van der Waals surface area contributed by atoms with E-state index in [1.54, 1.807) is 30.5 Å². The quantitative estimate of drug-likeness (QED) is 0.599. The molecule has 0 atom stereocenters. The van der Waals surface area contributed by atoms with Gasteiger partial charge >= 0.3 is 6.03 Å². The molecular weight excluding hydrogens is 310 g/mol. The average Bonchev–Trinajstić information content (AvgIpc) is 2.80. The Morgan fingerprint density at radius 1 is 1.25 bits per heavy atom. The minimum atomic E-state index is -0.731. The molecule has 1 aromatic rings. The first-order chi connectivity index (χ1) is 11.7. The largest absolute Gasteiger partial charge is 0.385 e.